The number of rotatable bonds is 9. The molecule has 3 aromatic rings. The van der Waals surface area contributed by atoms with Gasteiger partial charge in [0.15, 0.2) is 0 Å². The molecule has 0 aromatic heterocycles. The highest BCUT2D eigenvalue weighted by Crippen LogP contribution is 2.29. The van der Waals surface area contributed by atoms with Crippen molar-refractivity contribution in [3.05, 3.63) is 92.9 Å². The number of hydrogen-bond acceptors (Lipinski definition) is 4. The van der Waals surface area contributed by atoms with E-state index < -0.39 is 34.4 Å². The maximum Gasteiger partial charge on any atom is 0.264 e. The average molecular weight is 613 g/mol. The number of benzene rings is 3. The summed E-state index contributed by atoms with van der Waals surface area (Å²) < 4.78 is 29.0. The second kappa shape index (κ2) is 12.1. The second-order valence-corrected chi connectivity index (χ2v) is 11.4. The minimum absolute atomic E-state index is 0.0258. The van der Waals surface area contributed by atoms with E-state index in [-0.39, 0.29) is 17.1 Å². The van der Waals surface area contributed by atoms with Crippen molar-refractivity contribution in [3.63, 3.8) is 0 Å². The molecule has 7 nitrogen and oxygen atoms in total. The standard InChI is InChI=1S/C25H24BrCl2N3O4S/c1-17(25(33)29-2)30(15-21-22(27)12-7-13-23(21)28)24(32)16-31(19-9-6-8-18(26)14-19)36(34,35)20-10-4-3-5-11-20/h3-14,17H,15-16H2,1-2H3,(H,29,33). The average Bonchev–Trinajstić information content (AvgIpc) is 2.86. The van der Waals surface area contributed by atoms with Crippen molar-refractivity contribution < 1.29 is 18.0 Å². The van der Waals surface area contributed by atoms with E-state index in [1.165, 1.54) is 24.1 Å². The first-order valence-corrected chi connectivity index (χ1v) is 13.8. The van der Waals surface area contributed by atoms with Crippen LogP contribution in [-0.2, 0) is 26.2 Å². The molecule has 0 radical (unpaired) electrons. The summed E-state index contributed by atoms with van der Waals surface area (Å²) in [6.07, 6.45) is 0. The normalized spacial score (nSPS) is 12.0. The number of nitrogens with zero attached hydrogens (tertiary/aromatic N) is 2. The fraction of sp³-hybridized carbons (Fsp3) is 0.200. The number of amides is 2. The Kier molecular flexibility index (Phi) is 9.41. The minimum Gasteiger partial charge on any atom is -0.357 e. The zero-order valence-corrected chi connectivity index (χ0v) is 23.4. The van der Waals surface area contributed by atoms with Crippen molar-refractivity contribution >= 4 is 66.7 Å². The molecule has 0 spiro atoms. The molecule has 0 fully saturated rings. The highest BCUT2D eigenvalue weighted by atomic mass is 79.9. The van der Waals surface area contributed by atoms with Crippen LogP contribution in [0.5, 0.6) is 0 Å². The molecule has 1 atom stereocenters. The van der Waals surface area contributed by atoms with E-state index in [1.807, 2.05) is 0 Å². The first-order valence-electron chi connectivity index (χ1n) is 10.8. The van der Waals surface area contributed by atoms with Crippen LogP contribution in [0.3, 0.4) is 0 Å². The molecule has 0 heterocycles. The quantitative estimate of drug-likeness (QED) is 0.364. The Labute approximate surface area is 229 Å². The van der Waals surface area contributed by atoms with Gasteiger partial charge in [-0.1, -0.05) is 69.5 Å². The summed E-state index contributed by atoms with van der Waals surface area (Å²) in [5, 5.41) is 3.18. The number of halogens is 3. The van der Waals surface area contributed by atoms with Gasteiger partial charge < -0.3 is 10.2 Å². The molecule has 3 rings (SSSR count). The number of sulfonamides is 1. The molecule has 11 heteroatoms. The van der Waals surface area contributed by atoms with Crippen molar-refractivity contribution in [3.8, 4) is 0 Å². The maximum absolute atomic E-state index is 13.7. The van der Waals surface area contributed by atoms with Crippen LogP contribution in [0, 0.1) is 0 Å². The Morgan fingerprint density at radius 1 is 0.972 bits per heavy atom. The van der Waals surface area contributed by atoms with E-state index in [9.17, 15) is 18.0 Å². The van der Waals surface area contributed by atoms with E-state index in [0.29, 0.717) is 20.1 Å². The van der Waals surface area contributed by atoms with E-state index >= 15 is 0 Å². The first-order chi connectivity index (χ1) is 17.1. The Hall–Kier alpha value is -2.59. The molecule has 0 aliphatic rings. The molecule has 0 bridgehead atoms. The summed E-state index contributed by atoms with van der Waals surface area (Å²) in [7, 11) is -2.67. The summed E-state index contributed by atoms with van der Waals surface area (Å²) in [6.45, 7) is 0.900. The molecule has 0 aliphatic heterocycles. The van der Waals surface area contributed by atoms with Gasteiger partial charge in [-0.3, -0.25) is 13.9 Å². The molecular formula is C25H24BrCl2N3O4S. The van der Waals surface area contributed by atoms with E-state index in [2.05, 4.69) is 21.2 Å². The summed E-state index contributed by atoms with van der Waals surface area (Å²) in [5.41, 5.74) is 0.731. The molecule has 0 saturated carbocycles. The zero-order valence-electron chi connectivity index (χ0n) is 19.5. The third kappa shape index (κ3) is 6.39. The zero-order chi connectivity index (χ0) is 26.5. The topological polar surface area (TPSA) is 86.8 Å². The SMILES string of the molecule is CNC(=O)C(C)N(Cc1c(Cl)cccc1Cl)C(=O)CN(c1cccc(Br)c1)S(=O)(=O)c1ccccc1. The van der Waals surface area contributed by atoms with Crippen LogP contribution in [-0.4, -0.2) is 44.8 Å². The van der Waals surface area contributed by atoms with Crippen LogP contribution >= 0.6 is 39.1 Å². The van der Waals surface area contributed by atoms with E-state index in [1.54, 1.807) is 67.6 Å². The third-order valence-electron chi connectivity index (χ3n) is 5.51. The molecule has 190 valence electrons. The summed E-state index contributed by atoms with van der Waals surface area (Å²) in [6, 6.07) is 18.4. The lowest BCUT2D eigenvalue weighted by Gasteiger charge is -2.32. The molecule has 3 aromatic carbocycles. The predicted molar refractivity (Wildman–Crippen MR) is 146 cm³/mol. The largest absolute Gasteiger partial charge is 0.357 e. The third-order valence-corrected chi connectivity index (χ3v) is 8.50. The highest BCUT2D eigenvalue weighted by molar-refractivity contribution is 9.10. The maximum atomic E-state index is 13.7. The number of carbonyl (C=O) groups is 2. The van der Waals surface area contributed by atoms with Gasteiger partial charge in [-0.15, -0.1) is 0 Å². The van der Waals surface area contributed by atoms with Gasteiger partial charge >= 0.3 is 0 Å². The molecule has 0 aliphatic carbocycles. The van der Waals surface area contributed by atoms with Crippen LogP contribution in [0.15, 0.2) is 82.2 Å². The molecule has 1 unspecified atom stereocenters. The van der Waals surface area contributed by atoms with Crippen molar-refractivity contribution in [2.24, 2.45) is 0 Å². The van der Waals surface area contributed by atoms with E-state index in [4.69, 9.17) is 23.2 Å². The number of hydrogen-bond donors (Lipinski definition) is 1. The second-order valence-electron chi connectivity index (χ2n) is 7.82. The minimum atomic E-state index is -4.13. The predicted octanol–water partition coefficient (Wildman–Crippen LogP) is 5.11. The Morgan fingerprint density at radius 2 is 1.58 bits per heavy atom. The molecule has 1 N–H and O–H groups in total. The van der Waals surface area contributed by atoms with Crippen LogP contribution in [0.25, 0.3) is 0 Å². The van der Waals surface area contributed by atoms with Gasteiger partial charge in [0.05, 0.1) is 10.6 Å². The molecule has 36 heavy (non-hydrogen) atoms. The Balaban J connectivity index is 2.06. The molecular weight excluding hydrogens is 589 g/mol. The van der Waals surface area contributed by atoms with Crippen LogP contribution in [0.4, 0.5) is 5.69 Å². The van der Waals surface area contributed by atoms with Crippen LogP contribution in [0.1, 0.15) is 12.5 Å². The smallest absolute Gasteiger partial charge is 0.264 e. The Bertz CT molecular complexity index is 1340. The highest BCUT2D eigenvalue weighted by Gasteiger charge is 2.32. The first kappa shape index (κ1) is 28.0. The van der Waals surface area contributed by atoms with Gasteiger partial charge in [0, 0.05) is 33.7 Å². The molecule has 2 amide bonds. The van der Waals surface area contributed by atoms with Gasteiger partial charge in [0.2, 0.25) is 11.8 Å². The van der Waals surface area contributed by atoms with Gasteiger partial charge in [-0.2, -0.15) is 0 Å². The monoisotopic (exact) mass is 611 g/mol. The van der Waals surface area contributed by atoms with Gasteiger partial charge in [0.25, 0.3) is 10.0 Å². The lowest BCUT2D eigenvalue weighted by molar-refractivity contribution is -0.139. The van der Waals surface area contributed by atoms with Crippen molar-refractivity contribution in [2.75, 3.05) is 17.9 Å². The van der Waals surface area contributed by atoms with Crippen LogP contribution < -0.4 is 9.62 Å². The van der Waals surface area contributed by atoms with Gasteiger partial charge in [0.1, 0.15) is 12.6 Å². The number of likely N-dealkylation sites (N-methyl/N-ethyl adjacent to an activating group) is 1. The lowest BCUT2D eigenvalue weighted by atomic mass is 10.1. The summed E-state index contributed by atoms with van der Waals surface area (Å²) in [4.78, 5) is 27.5. The van der Waals surface area contributed by atoms with Crippen LogP contribution in [0.2, 0.25) is 10.0 Å². The molecule has 0 saturated heterocycles. The lowest BCUT2D eigenvalue weighted by Crippen LogP contribution is -2.50. The number of anilines is 1. The summed E-state index contributed by atoms with van der Waals surface area (Å²) in [5.74, 6) is -1.03. The van der Waals surface area contributed by atoms with E-state index in [0.717, 1.165) is 4.31 Å². The fourth-order valence-corrected chi connectivity index (χ4v) is 5.86. The Morgan fingerprint density at radius 3 is 2.17 bits per heavy atom. The number of carbonyl (C=O) groups excluding carboxylic acids is 2. The van der Waals surface area contributed by atoms with Gasteiger partial charge in [-0.25, -0.2) is 8.42 Å². The summed E-state index contributed by atoms with van der Waals surface area (Å²) >= 11 is 16.0. The fourth-order valence-electron chi connectivity index (χ4n) is 3.52. The number of nitrogens with one attached hydrogen (secondary N) is 1. The van der Waals surface area contributed by atoms with Gasteiger partial charge in [-0.05, 0) is 49.4 Å². The van der Waals surface area contributed by atoms with Crippen molar-refractivity contribution in [1.82, 2.24) is 10.2 Å². The van der Waals surface area contributed by atoms with Crippen molar-refractivity contribution in [1.29, 1.82) is 0 Å². The van der Waals surface area contributed by atoms with Crippen molar-refractivity contribution in [2.45, 2.75) is 24.4 Å².